The summed E-state index contributed by atoms with van der Waals surface area (Å²) in [4.78, 5) is 4.32. The van der Waals surface area contributed by atoms with E-state index in [1.165, 1.54) is 0 Å². The highest BCUT2D eigenvalue weighted by Gasteiger charge is 1.97. The molecule has 0 spiro atoms. The van der Waals surface area contributed by atoms with E-state index in [4.69, 9.17) is 0 Å². The average Bonchev–Trinajstić information content (AvgIpc) is 2.07. The van der Waals surface area contributed by atoms with Crippen LogP contribution in [-0.2, 0) is 0 Å². The lowest BCUT2D eigenvalue weighted by molar-refractivity contribution is 1.15. The Morgan fingerprint density at radius 1 is 1.62 bits per heavy atom. The Hall–Kier alpha value is -0.350. The molecule has 1 N–H and O–H groups in total. The third kappa shape index (κ3) is 3.48. The van der Waals surface area contributed by atoms with Crippen LogP contribution in [0.5, 0.6) is 0 Å². The normalized spacial score (nSPS) is 9.77. The molecule has 0 radical (unpaired) electrons. The Morgan fingerprint density at radius 3 is 2.85 bits per heavy atom. The molecule has 0 atom stereocenters. The van der Waals surface area contributed by atoms with Gasteiger partial charge in [-0.1, -0.05) is 22.5 Å². The monoisotopic (exact) mass is 304 g/mol. The second kappa shape index (κ2) is 4.77. The van der Waals surface area contributed by atoms with Gasteiger partial charge in [0.1, 0.15) is 5.82 Å². The number of aryl methyl sites for hydroxylation is 1. The Balaban J connectivity index is 2.68. The van der Waals surface area contributed by atoms with Crippen LogP contribution in [0.1, 0.15) is 5.69 Å². The van der Waals surface area contributed by atoms with Crippen molar-refractivity contribution in [2.24, 2.45) is 0 Å². The van der Waals surface area contributed by atoms with E-state index in [9.17, 15) is 0 Å². The number of rotatable bonds is 3. The summed E-state index contributed by atoms with van der Waals surface area (Å²) in [5.41, 5.74) is 0.977. The fraction of sp³-hybridized carbons (Fsp3) is 0.222. The summed E-state index contributed by atoms with van der Waals surface area (Å²) in [7, 11) is 0. The lowest BCUT2D eigenvalue weighted by Gasteiger charge is -2.05. The van der Waals surface area contributed by atoms with Crippen LogP contribution in [0, 0.1) is 6.92 Å². The Bertz CT molecular complexity index is 323. The number of hydrogen-bond donors (Lipinski definition) is 1. The van der Waals surface area contributed by atoms with E-state index in [-0.39, 0.29) is 0 Å². The van der Waals surface area contributed by atoms with Crippen molar-refractivity contribution in [2.45, 2.75) is 6.92 Å². The third-order valence-electron chi connectivity index (χ3n) is 1.48. The molecule has 0 aromatic carbocycles. The van der Waals surface area contributed by atoms with Crippen molar-refractivity contribution in [3.63, 3.8) is 0 Å². The zero-order valence-electron chi connectivity index (χ0n) is 7.27. The van der Waals surface area contributed by atoms with Gasteiger partial charge in [0.05, 0.1) is 5.69 Å². The molecule has 1 aromatic heterocycles. The van der Waals surface area contributed by atoms with Crippen LogP contribution < -0.4 is 5.32 Å². The van der Waals surface area contributed by atoms with Crippen LogP contribution in [-0.4, -0.2) is 11.5 Å². The van der Waals surface area contributed by atoms with Gasteiger partial charge < -0.3 is 5.32 Å². The van der Waals surface area contributed by atoms with Gasteiger partial charge >= 0.3 is 0 Å². The number of nitrogens with zero attached hydrogens (tertiary/aromatic N) is 1. The predicted octanol–water partition coefficient (Wildman–Crippen LogP) is 3.47. The Kier molecular flexibility index (Phi) is 3.93. The molecule has 1 aromatic rings. The Morgan fingerprint density at radius 2 is 2.31 bits per heavy atom. The first-order valence-electron chi connectivity index (χ1n) is 3.80. The molecule has 0 unspecified atom stereocenters. The second-order valence-corrected chi connectivity index (χ2v) is 4.61. The van der Waals surface area contributed by atoms with E-state index in [0.717, 1.165) is 20.5 Å². The zero-order valence-corrected chi connectivity index (χ0v) is 10.4. The number of halogens is 2. The molecular formula is C9H10Br2N2. The van der Waals surface area contributed by atoms with Crippen LogP contribution in [0.3, 0.4) is 0 Å². The molecule has 70 valence electrons. The van der Waals surface area contributed by atoms with Crippen molar-refractivity contribution in [3.8, 4) is 0 Å². The lowest BCUT2D eigenvalue weighted by atomic mass is 10.4. The molecule has 0 aliphatic rings. The summed E-state index contributed by atoms with van der Waals surface area (Å²) in [5, 5.41) is 3.13. The van der Waals surface area contributed by atoms with Crippen molar-refractivity contribution >= 4 is 37.7 Å². The molecule has 4 heteroatoms. The fourth-order valence-corrected chi connectivity index (χ4v) is 1.19. The quantitative estimate of drug-likeness (QED) is 0.925. The minimum absolute atomic E-state index is 0.689. The molecule has 0 amide bonds. The van der Waals surface area contributed by atoms with Gasteiger partial charge in [-0.25, -0.2) is 4.98 Å². The fourth-order valence-electron chi connectivity index (χ4n) is 0.829. The molecular weight excluding hydrogens is 296 g/mol. The minimum atomic E-state index is 0.689. The van der Waals surface area contributed by atoms with Gasteiger partial charge in [0, 0.05) is 15.5 Å². The standard InChI is InChI=1S/C9H10Br2N2/c1-6(10)5-12-9-4-3-8(11)7(2)13-9/h3-4H,1,5H2,2H3,(H,12,13). The first-order valence-corrected chi connectivity index (χ1v) is 5.38. The van der Waals surface area contributed by atoms with Gasteiger partial charge in [-0.2, -0.15) is 0 Å². The van der Waals surface area contributed by atoms with Crippen LogP contribution in [0.25, 0.3) is 0 Å². The third-order valence-corrected chi connectivity index (χ3v) is 2.60. The number of nitrogens with one attached hydrogen (secondary N) is 1. The highest BCUT2D eigenvalue weighted by Crippen LogP contribution is 2.16. The molecule has 1 rings (SSSR count). The van der Waals surface area contributed by atoms with Gasteiger partial charge in [-0.05, 0) is 35.0 Å². The van der Waals surface area contributed by atoms with Gasteiger partial charge in [-0.15, -0.1) is 0 Å². The molecule has 0 aliphatic heterocycles. The van der Waals surface area contributed by atoms with E-state index < -0.39 is 0 Å². The van der Waals surface area contributed by atoms with Gasteiger partial charge in [-0.3, -0.25) is 0 Å². The smallest absolute Gasteiger partial charge is 0.126 e. The highest BCUT2D eigenvalue weighted by atomic mass is 79.9. The van der Waals surface area contributed by atoms with Crippen LogP contribution in [0.2, 0.25) is 0 Å². The molecule has 0 aliphatic carbocycles. The van der Waals surface area contributed by atoms with Gasteiger partial charge in [0.2, 0.25) is 0 Å². The maximum Gasteiger partial charge on any atom is 0.126 e. The highest BCUT2D eigenvalue weighted by molar-refractivity contribution is 9.11. The second-order valence-electron chi connectivity index (χ2n) is 2.63. The van der Waals surface area contributed by atoms with Crippen molar-refractivity contribution < 1.29 is 0 Å². The summed E-state index contributed by atoms with van der Waals surface area (Å²) >= 11 is 6.66. The molecule has 0 saturated heterocycles. The molecule has 2 nitrogen and oxygen atoms in total. The number of anilines is 1. The van der Waals surface area contributed by atoms with E-state index >= 15 is 0 Å². The summed E-state index contributed by atoms with van der Waals surface area (Å²) in [6.45, 7) is 6.37. The van der Waals surface area contributed by atoms with Crippen LogP contribution in [0.15, 0.2) is 27.7 Å². The summed E-state index contributed by atoms with van der Waals surface area (Å²) in [6.07, 6.45) is 0. The summed E-state index contributed by atoms with van der Waals surface area (Å²) in [5.74, 6) is 0.862. The van der Waals surface area contributed by atoms with Crippen LogP contribution >= 0.6 is 31.9 Å². The minimum Gasteiger partial charge on any atom is -0.365 e. The largest absolute Gasteiger partial charge is 0.365 e. The molecule has 0 fully saturated rings. The SMILES string of the molecule is C=C(Br)CNc1ccc(Br)c(C)n1. The van der Waals surface area contributed by atoms with Crippen molar-refractivity contribution in [1.82, 2.24) is 4.98 Å². The van der Waals surface area contributed by atoms with Crippen LogP contribution in [0.4, 0.5) is 5.82 Å². The number of aromatic nitrogens is 1. The number of pyridine rings is 1. The Labute approximate surface area is 94.7 Å². The van der Waals surface area contributed by atoms with Crippen molar-refractivity contribution in [3.05, 3.63) is 33.4 Å². The van der Waals surface area contributed by atoms with E-state index in [0.29, 0.717) is 6.54 Å². The number of hydrogen-bond acceptors (Lipinski definition) is 2. The first kappa shape index (κ1) is 10.7. The summed E-state index contributed by atoms with van der Waals surface area (Å²) in [6, 6.07) is 3.90. The maximum atomic E-state index is 4.32. The molecule has 0 bridgehead atoms. The molecule has 0 saturated carbocycles. The topological polar surface area (TPSA) is 24.9 Å². The van der Waals surface area contributed by atoms with Crippen molar-refractivity contribution in [2.75, 3.05) is 11.9 Å². The molecule has 13 heavy (non-hydrogen) atoms. The maximum absolute atomic E-state index is 4.32. The van der Waals surface area contributed by atoms with E-state index in [1.54, 1.807) is 0 Å². The average molecular weight is 306 g/mol. The molecule has 1 heterocycles. The van der Waals surface area contributed by atoms with Crippen molar-refractivity contribution in [1.29, 1.82) is 0 Å². The predicted molar refractivity (Wildman–Crippen MR) is 63.2 cm³/mol. The first-order chi connectivity index (χ1) is 6.09. The van der Waals surface area contributed by atoms with E-state index in [2.05, 4.69) is 48.7 Å². The van der Waals surface area contributed by atoms with Gasteiger partial charge in [0.15, 0.2) is 0 Å². The van der Waals surface area contributed by atoms with Gasteiger partial charge in [0.25, 0.3) is 0 Å². The summed E-state index contributed by atoms with van der Waals surface area (Å²) < 4.78 is 1.94. The zero-order chi connectivity index (χ0) is 9.84. The lowest BCUT2D eigenvalue weighted by Crippen LogP contribution is -2.03. The van der Waals surface area contributed by atoms with E-state index in [1.807, 2.05) is 19.1 Å².